The van der Waals surface area contributed by atoms with Gasteiger partial charge in [-0.05, 0) is 30.0 Å². The van der Waals surface area contributed by atoms with Crippen molar-refractivity contribution in [1.29, 1.82) is 0 Å². The highest BCUT2D eigenvalue weighted by Crippen LogP contribution is 2.18. The zero-order valence-corrected chi connectivity index (χ0v) is 12.1. The maximum Gasteiger partial charge on any atom is 0.263 e. The molecule has 0 fully saturated rings. The summed E-state index contributed by atoms with van der Waals surface area (Å²) in [6, 6.07) is 4.92. The molecule has 0 amide bonds. The Morgan fingerprint density at radius 1 is 1.32 bits per heavy atom. The molecule has 2 N–H and O–H groups in total. The normalized spacial score (nSPS) is 11.2. The molecule has 5 nitrogen and oxygen atoms in total. The molecule has 0 radical (unpaired) electrons. The Balaban J connectivity index is 2.12. The highest BCUT2D eigenvalue weighted by Gasteiger charge is 2.14. The minimum atomic E-state index is -3.55. The first-order chi connectivity index (χ1) is 9.12. The Morgan fingerprint density at radius 3 is 2.74 bits per heavy atom. The summed E-state index contributed by atoms with van der Waals surface area (Å²) in [6.07, 6.45) is 2.34. The van der Waals surface area contributed by atoms with Crippen LogP contribution in [-0.2, 0) is 10.0 Å². The summed E-state index contributed by atoms with van der Waals surface area (Å²) < 4.78 is 26.6. The molecule has 2 aromatic rings. The lowest BCUT2D eigenvalue weighted by Crippen LogP contribution is -2.13. The van der Waals surface area contributed by atoms with Gasteiger partial charge in [-0.15, -0.1) is 0 Å². The molecule has 0 bridgehead atoms. The average molecular weight is 297 g/mol. The van der Waals surface area contributed by atoms with Gasteiger partial charge in [-0.25, -0.2) is 13.4 Å². The third kappa shape index (κ3) is 3.68. The van der Waals surface area contributed by atoms with Gasteiger partial charge in [0.25, 0.3) is 10.0 Å². The molecular formula is C12H15N3O2S2. The first kappa shape index (κ1) is 13.8. The van der Waals surface area contributed by atoms with Crippen LogP contribution in [0.4, 0.5) is 11.5 Å². The van der Waals surface area contributed by atoms with Crippen molar-refractivity contribution < 1.29 is 8.42 Å². The summed E-state index contributed by atoms with van der Waals surface area (Å²) in [5, 5.41) is 6.65. The van der Waals surface area contributed by atoms with Crippen LogP contribution in [0.5, 0.6) is 0 Å². The van der Waals surface area contributed by atoms with Crippen molar-refractivity contribution in [2.75, 3.05) is 16.6 Å². The topological polar surface area (TPSA) is 71.1 Å². The fourth-order valence-electron chi connectivity index (χ4n) is 1.43. The molecule has 0 spiro atoms. The van der Waals surface area contributed by atoms with Crippen molar-refractivity contribution in [1.82, 2.24) is 4.98 Å². The molecule has 0 aromatic carbocycles. The molecule has 0 unspecified atom stereocenters. The number of nitrogens with zero attached hydrogens (tertiary/aromatic N) is 1. The molecule has 102 valence electrons. The quantitative estimate of drug-likeness (QED) is 0.860. The van der Waals surface area contributed by atoms with Crippen molar-refractivity contribution in [3.05, 3.63) is 35.2 Å². The van der Waals surface area contributed by atoms with E-state index >= 15 is 0 Å². The van der Waals surface area contributed by atoms with Crippen LogP contribution in [0.3, 0.4) is 0 Å². The average Bonchev–Trinajstić information content (AvgIpc) is 2.89. The van der Waals surface area contributed by atoms with Crippen LogP contribution in [-0.4, -0.2) is 19.9 Å². The van der Waals surface area contributed by atoms with Crippen molar-refractivity contribution in [2.45, 2.75) is 18.2 Å². The minimum Gasteiger partial charge on any atom is -0.370 e. The van der Waals surface area contributed by atoms with Gasteiger partial charge in [0.1, 0.15) is 10.7 Å². The van der Waals surface area contributed by atoms with E-state index in [9.17, 15) is 8.42 Å². The van der Waals surface area contributed by atoms with Gasteiger partial charge in [-0.3, -0.25) is 4.72 Å². The van der Waals surface area contributed by atoms with E-state index < -0.39 is 10.0 Å². The first-order valence-corrected chi connectivity index (χ1v) is 8.29. The van der Waals surface area contributed by atoms with E-state index in [1.165, 1.54) is 17.5 Å². The van der Waals surface area contributed by atoms with E-state index in [4.69, 9.17) is 0 Å². The lowest BCUT2D eigenvalue weighted by Gasteiger charge is -2.07. The van der Waals surface area contributed by atoms with Crippen molar-refractivity contribution >= 4 is 32.9 Å². The molecule has 2 rings (SSSR count). The Kier molecular flexibility index (Phi) is 4.39. The summed E-state index contributed by atoms with van der Waals surface area (Å²) in [5.41, 5.74) is 0.568. The number of hydrogen-bond donors (Lipinski definition) is 2. The summed E-state index contributed by atoms with van der Waals surface area (Å²) in [7, 11) is -3.55. The van der Waals surface area contributed by atoms with Gasteiger partial charge in [-0.2, -0.15) is 11.3 Å². The summed E-state index contributed by atoms with van der Waals surface area (Å²) in [5.74, 6) is 0.677. The third-order valence-electron chi connectivity index (χ3n) is 2.38. The standard InChI is InChI=1S/C12H15N3O2S2/c1-2-6-13-12-4-3-11(8-14-12)19(16,17)15-10-5-7-18-9-10/h3-5,7-9,15H,2,6H2,1H3,(H,13,14). The Labute approximate surface area is 116 Å². The Hall–Kier alpha value is -1.60. The van der Waals surface area contributed by atoms with Crippen LogP contribution in [0, 0.1) is 0 Å². The second-order valence-electron chi connectivity index (χ2n) is 3.92. The monoisotopic (exact) mass is 297 g/mol. The molecule has 0 aliphatic heterocycles. The molecule has 7 heteroatoms. The molecule has 2 heterocycles. The van der Waals surface area contributed by atoms with E-state index in [0.29, 0.717) is 11.5 Å². The fraction of sp³-hybridized carbons (Fsp3) is 0.250. The van der Waals surface area contributed by atoms with Crippen LogP contribution in [0.2, 0.25) is 0 Å². The maximum absolute atomic E-state index is 12.1. The van der Waals surface area contributed by atoms with Gasteiger partial charge < -0.3 is 5.32 Å². The predicted octanol–water partition coefficient (Wildman–Crippen LogP) is 2.77. The fourth-order valence-corrected chi connectivity index (χ4v) is 3.09. The van der Waals surface area contributed by atoms with Crippen LogP contribution in [0.25, 0.3) is 0 Å². The van der Waals surface area contributed by atoms with E-state index in [1.807, 2.05) is 5.38 Å². The lowest BCUT2D eigenvalue weighted by atomic mass is 10.4. The van der Waals surface area contributed by atoms with E-state index in [0.717, 1.165) is 13.0 Å². The molecule has 0 aliphatic rings. The summed E-state index contributed by atoms with van der Waals surface area (Å²) >= 11 is 1.43. The number of anilines is 2. The predicted molar refractivity (Wildman–Crippen MR) is 78.1 cm³/mol. The molecule has 0 atom stereocenters. The summed E-state index contributed by atoms with van der Waals surface area (Å²) in [6.45, 7) is 2.86. The number of aromatic nitrogens is 1. The largest absolute Gasteiger partial charge is 0.370 e. The van der Waals surface area contributed by atoms with Gasteiger partial charge in [-0.1, -0.05) is 6.92 Å². The lowest BCUT2D eigenvalue weighted by molar-refractivity contribution is 0.601. The van der Waals surface area contributed by atoms with Gasteiger partial charge in [0.15, 0.2) is 0 Å². The minimum absolute atomic E-state index is 0.153. The molecule has 0 saturated heterocycles. The van der Waals surface area contributed by atoms with Crippen molar-refractivity contribution in [2.24, 2.45) is 0 Å². The van der Waals surface area contributed by atoms with Gasteiger partial charge in [0.05, 0.1) is 5.69 Å². The van der Waals surface area contributed by atoms with Crippen LogP contribution >= 0.6 is 11.3 Å². The number of sulfonamides is 1. The number of nitrogens with one attached hydrogen (secondary N) is 2. The Morgan fingerprint density at radius 2 is 2.16 bits per heavy atom. The van der Waals surface area contributed by atoms with Gasteiger partial charge in [0.2, 0.25) is 0 Å². The van der Waals surface area contributed by atoms with E-state index in [2.05, 4.69) is 21.9 Å². The highest BCUT2D eigenvalue weighted by molar-refractivity contribution is 7.92. The van der Waals surface area contributed by atoms with Gasteiger partial charge >= 0.3 is 0 Å². The molecule has 19 heavy (non-hydrogen) atoms. The second-order valence-corrected chi connectivity index (χ2v) is 6.39. The molecule has 0 saturated carbocycles. The maximum atomic E-state index is 12.1. The van der Waals surface area contributed by atoms with Crippen molar-refractivity contribution in [3.8, 4) is 0 Å². The smallest absolute Gasteiger partial charge is 0.263 e. The Bertz CT molecular complexity index is 607. The number of hydrogen-bond acceptors (Lipinski definition) is 5. The molecule has 2 aromatic heterocycles. The van der Waals surface area contributed by atoms with Crippen LogP contribution in [0.1, 0.15) is 13.3 Å². The third-order valence-corrected chi connectivity index (χ3v) is 4.43. The van der Waals surface area contributed by atoms with Crippen LogP contribution in [0.15, 0.2) is 40.1 Å². The highest BCUT2D eigenvalue weighted by atomic mass is 32.2. The molecule has 0 aliphatic carbocycles. The van der Waals surface area contributed by atoms with Gasteiger partial charge in [0, 0.05) is 18.1 Å². The SMILES string of the molecule is CCCNc1ccc(S(=O)(=O)Nc2ccsc2)cn1. The molecular weight excluding hydrogens is 282 g/mol. The first-order valence-electron chi connectivity index (χ1n) is 5.87. The number of pyridine rings is 1. The number of rotatable bonds is 6. The van der Waals surface area contributed by atoms with E-state index in [-0.39, 0.29) is 4.90 Å². The van der Waals surface area contributed by atoms with E-state index in [1.54, 1.807) is 23.6 Å². The second kappa shape index (κ2) is 6.03. The zero-order chi connectivity index (χ0) is 13.7. The summed E-state index contributed by atoms with van der Waals surface area (Å²) in [4.78, 5) is 4.24. The van der Waals surface area contributed by atoms with Crippen LogP contribution < -0.4 is 10.0 Å². The van der Waals surface area contributed by atoms with Crippen molar-refractivity contribution in [3.63, 3.8) is 0 Å². The number of thiophene rings is 1. The zero-order valence-electron chi connectivity index (χ0n) is 10.5.